The number of rotatable bonds is 46. The van der Waals surface area contributed by atoms with Crippen molar-refractivity contribution in [3.63, 3.8) is 0 Å². The molecule has 0 spiro atoms. The van der Waals surface area contributed by atoms with Gasteiger partial charge in [0.2, 0.25) is 47.3 Å². The van der Waals surface area contributed by atoms with E-state index in [1.807, 2.05) is 0 Å². The number of likely N-dealkylation sites (tertiary alicyclic amines) is 2. The maximum absolute atomic E-state index is 13.4. The van der Waals surface area contributed by atoms with Crippen molar-refractivity contribution in [2.75, 3.05) is 156 Å². The van der Waals surface area contributed by atoms with E-state index in [2.05, 4.69) is 21.3 Å². The van der Waals surface area contributed by atoms with Gasteiger partial charge in [-0.3, -0.25) is 48.2 Å². The molecule has 0 aliphatic carbocycles. The molecule has 0 radical (unpaired) electrons. The van der Waals surface area contributed by atoms with Crippen molar-refractivity contribution in [2.45, 2.75) is 56.2 Å². The minimum absolute atomic E-state index is 0.0646. The molecule has 8 amide bonds. The van der Waals surface area contributed by atoms with Crippen molar-refractivity contribution < 1.29 is 90.6 Å². The first kappa shape index (κ1) is 63.0. The highest BCUT2D eigenvalue weighted by molar-refractivity contribution is 8.00. The lowest BCUT2D eigenvalue weighted by molar-refractivity contribution is -0.152. The summed E-state index contributed by atoms with van der Waals surface area (Å²) in [6, 6.07) is 5.59. The normalized spacial score (nSPS) is 14.6. The van der Waals surface area contributed by atoms with Crippen molar-refractivity contribution in [1.82, 2.24) is 25.8 Å². The lowest BCUT2D eigenvalue weighted by Gasteiger charge is -2.28. The van der Waals surface area contributed by atoms with Gasteiger partial charge in [0.1, 0.15) is 31.8 Å². The van der Waals surface area contributed by atoms with Crippen molar-refractivity contribution in [1.29, 1.82) is 0 Å². The van der Waals surface area contributed by atoms with E-state index in [0.717, 1.165) is 34.8 Å². The second kappa shape index (κ2) is 40.1. The van der Waals surface area contributed by atoms with E-state index in [1.54, 1.807) is 24.3 Å². The molecule has 1 aromatic carbocycles. The molecular weight excluding hydrogens is 997 g/mol. The zero-order valence-electron chi connectivity index (χ0n) is 41.9. The number of benzene rings is 1. The number of aldehydes is 2. The number of imide groups is 2. The molecule has 26 heteroatoms. The molecule has 0 aromatic heterocycles. The Bertz CT molecular complexity index is 1880. The highest BCUT2D eigenvalue weighted by Gasteiger charge is 2.39. The number of nitrogens with one attached hydrogen (secondary N) is 4. The molecule has 25 nitrogen and oxygen atoms in total. The summed E-state index contributed by atoms with van der Waals surface area (Å²) in [6.45, 7) is 4.54. The third-order valence-corrected chi connectivity index (χ3v) is 11.8. The van der Waals surface area contributed by atoms with Gasteiger partial charge in [-0.2, -0.15) is 0 Å². The third kappa shape index (κ3) is 28.4. The van der Waals surface area contributed by atoms with Gasteiger partial charge in [0.25, 0.3) is 0 Å². The van der Waals surface area contributed by atoms with Gasteiger partial charge >= 0.3 is 0 Å². The molecule has 2 aliphatic rings. The Morgan fingerprint density at radius 2 is 1.12 bits per heavy atom. The number of anilines is 1. The fourth-order valence-electron chi connectivity index (χ4n) is 6.52. The Kier molecular flexibility index (Phi) is 34.1. The third-order valence-electron chi connectivity index (χ3n) is 10.5. The van der Waals surface area contributed by atoms with Crippen molar-refractivity contribution in [3.8, 4) is 0 Å². The van der Waals surface area contributed by atoms with Crippen LogP contribution in [0.15, 0.2) is 24.3 Å². The molecular formula is C48H72N6O19S. The fourth-order valence-corrected chi connectivity index (χ4v) is 7.71. The monoisotopic (exact) mass is 1070 g/mol. The van der Waals surface area contributed by atoms with Crippen LogP contribution in [0.1, 0.15) is 44.1 Å². The van der Waals surface area contributed by atoms with Gasteiger partial charge in [0.15, 0.2) is 0 Å². The molecule has 2 unspecified atom stereocenters. The zero-order valence-corrected chi connectivity index (χ0v) is 42.7. The average molecular weight is 1070 g/mol. The summed E-state index contributed by atoms with van der Waals surface area (Å²) >= 11 is 0.998. The lowest BCUT2D eigenvalue weighted by Crippen LogP contribution is -2.50. The van der Waals surface area contributed by atoms with Crippen LogP contribution >= 0.6 is 11.8 Å². The maximum Gasteiger partial charge on any atom is 0.250 e. The van der Waals surface area contributed by atoms with Crippen LogP contribution in [0.2, 0.25) is 0 Å². The summed E-state index contributed by atoms with van der Waals surface area (Å²) in [7, 11) is 0. The summed E-state index contributed by atoms with van der Waals surface area (Å²) in [5.41, 5.74) is 1.29. The molecule has 74 heavy (non-hydrogen) atoms. The first-order valence-electron chi connectivity index (χ1n) is 24.6. The Hall–Kier alpha value is -5.29. The summed E-state index contributed by atoms with van der Waals surface area (Å²) < 4.78 is 48.3. The number of β-lactam (4-membered cyclic amide) rings is 1. The van der Waals surface area contributed by atoms with E-state index < -0.39 is 59.9 Å². The number of thioether (sulfide) groups is 1. The molecule has 2 fully saturated rings. The minimum atomic E-state index is -1.19. The fraction of sp³-hybridized carbons (Fsp3) is 0.667. The number of nitrogens with zero attached hydrogens (tertiary/aromatic N) is 2. The smallest absolute Gasteiger partial charge is 0.250 e. The topological polar surface area (TPSA) is 308 Å². The largest absolute Gasteiger partial charge is 0.379 e. The van der Waals surface area contributed by atoms with Gasteiger partial charge < -0.3 is 73.5 Å². The van der Waals surface area contributed by atoms with Gasteiger partial charge in [0.05, 0.1) is 111 Å². The van der Waals surface area contributed by atoms with Crippen molar-refractivity contribution >= 4 is 77.3 Å². The number of ether oxygens (including phenoxy) is 9. The zero-order chi connectivity index (χ0) is 53.4. The number of amides is 8. The van der Waals surface area contributed by atoms with E-state index in [4.69, 9.17) is 42.6 Å². The SMILES string of the molecule is O=CCCOCCOCCOCCOCCNC(=O)CCN1C(=O)CC(SCC(NC(=O)COCC(=O)Nc2ccc(CCC(=O)N3CCC3=O)cc2)C(=O)NCCOCCOCCOCCOCCC=O)C1=O. The van der Waals surface area contributed by atoms with E-state index in [9.17, 15) is 47.9 Å². The molecule has 2 heterocycles. The molecule has 1 aromatic rings. The maximum atomic E-state index is 13.4. The number of aryl methyl sites for hydroxylation is 1. The van der Waals surface area contributed by atoms with E-state index >= 15 is 0 Å². The highest BCUT2D eigenvalue weighted by atomic mass is 32.2. The van der Waals surface area contributed by atoms with Crippen molar-refractivity contribution in [2.24, 2.45) is 0 Å². The van der Waals surface area contributed by atoms with Crippen LogP contribution in [0.3, 0.4) is 0 Å². The number of hydrogen-bond acceptors (Lipinski definition) is 20. The quantitative estimate of drug-likeness (QED) is 0.0253. The summed E-state index contributed by atoms with van der Waals surface area (Å²) in [4.78, 5) is 124. The Morgan fingerprint density at radius 1 is 0.608 bits per heavy atom. The van der Waals surface area contributed by atoms with Crippen LogP contribution in [-0.4, -0.2) is 232 Å². The molecule has 0 saturated carbocycles. The predicted molar refractivity (Wildman–Crippen MR) is 264 cm³/mol. The summed E-state index contributed by atoms with van der Waals surface area (Å²) in [5.74, 6) is -3.81. The minimum Gasteiger partial charge on any atom is -0.379 e. The number of carbonyl (C=O) groups excluding carboxylic acids is 10. The van der Waals surface area contributed by atoms with Crippen LogP contribution in [-0.2, 0) is 97.0 Å². The average Bonchev–Trinajstić information content (AvgIpc) is 3.66. The molecule has 0 bridgehead atoms. The number of hydrogen-bond donors (Lipinski definition) is 4. The second-order valence-electron chi connectivity index (χ2n) is 16.2. The Morgan fingerprint density at radius 3 is 1.64 bits per heavy atom. The molecule has 2 saturated heterocycles. The highest BCUT2D eigenvalue weighted by Crippen LogP contribution is 2.26. The molecule has 3 rings (SSSR count). The lowest BCUT2D eigenvalue weighted by atomic mass is 10.1. The molecule has 2 atom stereocenters. The van der Waals surface area contributed by atoms with Gasteiger partial charge in [-0.1, -0.05) is 12.1 Å². The first-order valence-corrected chi connectivity index (χ1v) is 25.7. The molecule has 4 N–H and O–H groups in total. The Balaban J connectivity index is 1.37. The molecule has 414 valence electrons. The first-order chi connectivity index (χ1) is 36.0. The summed E-state index contributed by atoms with van der Waals surface area (Å²) in [6.07, 6.45) is 2.92. The van der Waals surface area contributed by atoms with E-state index in [1.165, 1.54) is 4.90 Å². The van der Waals surface area contributed by atoms with Gasteiger partial charge in [-0.15, -0.1) is 11.8 Å². The van der Waals surface area contributed by atoms with Gasteiger partial charge in [-0.25, -0.2) is 0 Å². The van der Waals surface area contributed by atoms with Crippen LogP contribution < -0.4 is 21.3 Å². The Labute approximate surface area is 434 Å². The molecule has 2 aliphatic heterocycles. The van der Waals surface area contributed by atoms with Gasteiger partial charge in [0, 0.05) is 76.1 Å². The van der Waals surface area contributed by atoms with Crippen LogP contribution in [0, 0.1) is 0 Å². The summed E-state index contributed by atoms with van der Waals surface area (Å²) in [5, 5.41) is 9.72. The van der Waals surface area contributed by atoms with Crippen molar-refractivity contribution in [3.05, 3.63) is 29.8 Å². The predicted octanol–water partition coefficient (Wildman–Crippen LogP) is -1.39. The van der Waals surface area contributed by atoms with Crippen LogP contribution in [0.5, 0.6) is 0 Å². The number of carbonyl (C=O) groups is 10. The van der Waals surface area contributed by atoms with Crippen LogP contribution in [0.25, 0.3) is 0 Å². The van der Waals surface area contributed by atoms with E-state index in [-0.39, 0.29) is 82.9 Å². The van der Waals surface area contributed by atoms with E-state index in [0.29, 0.717) is 117 Å². The van der Waals surface area contributed by atoms with Crippen LogP contribution in [0.4, 0.5) is 5.69 Å². The second-order valence-corrected chi connectivity index (χ2v) is 17.4. The van der Waals surface area contributed by atoms with Gasteiger partial charge in [-0.05, 0) is 24.1 Å². The standard InChI is InChI=1S/C48H72N6O19S/c55-15-1-17-65-21-25-69-29-31-71-27-23-67-19-11-49-41(57)9-13-54-46(62)33-40(48(54)64)74-36-39(47(63)50-12-20-68-24-28-72-32-30-70-26-22-66-18-2-16-56)52-43(59)35-73-34-42(58)51-38-6-3-37(4-7-38)5-8-44(60)53-14-10-45(53)61/h3-4,6-7,15-16,39-40H,1-2,5,8-14,17-36H2,(H,49,57)(H,50,63)(H,51,58)(H,52,59).